The van der Waals surface area contributed by atoms with Gasteiger partial charge in [0.15, 0.2) is 23.3 Å². The monoisotopic (exact) mass is 1750 g/mol. The fourth-order valence-corrected chi connectivity index (χ4v) is 16.8. The summed E-state index contributed by atoms with van der Waals surface area (Å²) in [5.41, 5.74) is 39.9. The molecule has 0 saturated heterocycles. The SMILES string of the molecule is Nc1ccc(-c2cnc(NC(=O)Cc3ccc(Br)cc3)c(CC3CCCCC3)n2)cc1.Nc1ccc(-c2cnc(NC(=O)Cc3ccc(Cl)cc3)c(CC3CCCCC3)n2)cc1.Nc1ccc(-c2cnc(NC(=O)Cc3ccc(F)cc3)c(CC3CCCCC3)n2)cc1.Nc1ccc(-c2cnc(NC(=O)Cc3ccc(O)cc3)c(CC3CCCCC3)n2)cc1. The van der Waals surface area contributed by atoms with E-state index in [0.717, 1.165) is 126 Å². The summed E-state index contributed by atoms with van der Waals surface area (Å²) in [6.45, 7) is 0. The van der Waals surface area contributed by atoms with E-state index in [1.54, 1.807) is 73.3 Å². The van der Waals surface area contributed by atoms with Crippen LogP contribution in [0.15, 0.2) is 223 Å². The Morgan fingerprint density at radius 3 is 0.806 bits per heavy atom. The maximum atomic E-state index is 13.1. The summed E-state index contributed by atoms with van der Waals surface area (Å²) < 4.78 is 14.1. The zero-order chi connectivity index (χ0) is 86.5. The Bertz CT molecular complexity index is 4800. The molecule has 16 rings (SSSR count). The van der Waals surface area contributed by atoms with E-state index >= 15 is 0 Å². The number of aromatic nitrogens is 8. The maximum Gasteiger partial charge on any atom is 0.229 e. The molecule has 0 bridgehead atoms. The quantitative estimate of drug-likeness (QED) is 0.0254. The molecule has 4 amide bonds. The van der Waals surface area contributed by atoms with E-state index < -0.39 is 0 Å². The maximum absolute atomic E-state index is 13.1. The van der Waals surface area contributed by atoms with Crippen molar-refractivity contribution in [1.82, 2.24) is 39.9 Å². The van der Waals surface area contributed by atoms with Crippen LogP contribution in [0.5, 0.6) is 5.75 Å². The number of anilines is 8. The van der Waals surface area contributed by atoms with Gasteiger partial charge in [0.05, 0.1) is 96.0 Å². The molecular formula is C100H109BrClFN16O5. The second kappa shape index (κ2) is 45.2. The number of nitrogen functional groups attached to an aromatic ring is 4. The lowest BCUT2D eigenvalue weighted by atomic mass is 9.86. The van der Waals surface area contributed by atoms with Gasteiger partial charge in [-0.3, -0.25) is 19.2 Å². The number of hydrogen-bond donors (Lipinski definition) is 9. The Hall–Kier alpha value is -12.3. The van der Waals surface area contributed by atoms with E-state index in [-0.39, 0.29) is 54.5 Å². The van der Waals surface area contributed by atoms with Crippen molar-refractivity contribution in [3.8, 4) is 50.8 Å². The van der Waals surface area contributed by atoms with Crippen molar-refractivity contribution in [3.63, 3.8) is 0 Å². The normalized spacial score (nSPS) is 14.3. The molecule has 4 aliphatic carbocycles. The van der Waals surface area contributed by atoms with Gasteiger partial charge in [-0.2, -0.15) is 0 Å². The number of nitrogens with two attached hydrogens (primary N) is 4. The van der Waals surface area contributed by atoms with Crippen molar-refractivity contribution >= 4 is 97.2 Å². The third kappa shape index (κ3) is 27.8. The number of phenolic OH excluding ortho intramolecular Hbond substituents is 1. The predicted molar refractivity (Wildman–Crippen MR) is 498 cm³/mol. The largest absolute Gasteiger partial charge is 0.508 e. The zero-order valence-corrected chi connectivity index (χ0v) is 72.3. The molecule has 12 aromatic rings. The average Bonchev–Trinajstić information content (AvgIpc) is 0.831. The average molecular weight is 1750 g/mol. The van der Waals surface area contributed by atoms with E-state index in [1.807, 2.05) is 133 Å². The Morgan fingerprint density at radius 1 is 0.331 bits per heavy atom. The molecule has 0 atom stereocenters. The highest BCUT2D eigenvalue weighted by Gasteiger charge is 2.26. The van der Waals surface area contributed by atoms with E-state index in [4.69, 9.17) is 54.5 Å². The van der Waals surface area contributed by atoms with Gasteiger partial charge in [0, 0.05) is 54.5 Å². The first-order chi connectivity index (χ1) is 60.3. The molecule has 8 aromatic carbocycles. The Kier molecular flexibility index (Phi) is 32.6. The Labute approximate surface area is 738 Å². The highest BCUT2D eigenvalue weighted by molar-refractivity contribution is 9.10. The molecular weight excluding hydrogens is 1640 g/mol. The lowest BCUT2D eigenvalue weighted by Crippen LogP contribution is -2.19. The van der Waals surface area contributed by atoms with Gasteiger partial charge in [-0.1, -0.05) is 253 Å². The smallest absolute Gasteiger partial charge is 0.229 e. The topological polar surface area (TPSA) is 344 Å². The lowest BCUT2D eigenvalue weighted by Gasteiger charge is -2.22. The molecule has 0 radical (unpaired) electrons. The fourth-order valence-electron chi connectivity index (χ4n) is 16.4. The molecule has 4 fully saturated rings. The number of hydrogen-bond acceptors (Lipinski definition) is 17. The van der Waals surface area contributed by atoms with Crippen molar-refractivity contribution in [3.05, 3.63) is 279 Å². The van der Waals surface area contributed by atoms with Gasteiger partial charge in [-0.25, -0.2) is 44.3 Å². The number of nitrogens with one attached hydrogen (secondary N) is 4. The van der Waals surface area contributed by atoms with Crippen LogP contribution in [0.3, 0.4) is 0 Å². The number of aromatic hydroxyl groups is 1. The third-order valence-corrected chi connectivity index (χ3v) is 24.0. The molecule has 0 spiro atoms. The van der Waals surface area contributed by atoms with Gasteiger partial charge in [-0.15, -0.1) is 0 Å². The molecule has 4 saturated carbocycles. The molecule has 21 nitrogen and oxygen atoms in total. The molecule has 124 heavy (non-hydrogen) atoms. The van der Waals surface area contributed by atoms with E-state index in [2.05, 4.69) is 57.1 Å². The van der Waals surface area contributed by atoms with Crippen LogP contribution in [0, 0.1) is 29.5 Å². The van der Waals surface area contributed by atoms with Gasteiger partial charge in [0.2, 0.25) is 23.6 Å². The second-order valence-corrected chi connectivity index (χ2v) is 34.3. The zero-order valence-electron chi connectivity index (χ0n) is 70.0. The summed E-state index contributed by atoms with van der Waals surface area (Å²) in [5.74, 6) is 3.81. The van der Waals surface area contributed by atoms with Crippen molar-refractivity contribution < 1.29 is 28.7 Å². The van der Waals surface area contributed by atoms with Gasteiger partial charge in [-0.05, 0) is 169 Å². The van der Waals surface area contributed by atoms with E-state index in [1.165, 1.54) is 141 Å². The van der Waals surface area contributed by atoms with Crippen molar-refractivity contribution in [2.75, 3.05) is 44.2 Å². The summed E-state index contributed by atoms with van der Waals surface area (Å²) in [6.07, 6.45) is 35.8. The third-order valence-electron chi connectivity index (χ3n) is 23.2. The van der Waals surface area contributed by atoms with Crippen LogP contribution in [-0.2, 0) is 70.5 Å². The highest BCUT2D eigenvalue weighted by atomic mass is 79.9. The number of benzene rings is 8. The minimum atomic E-state index is -0.317. The number of phenols is 1. The highest BCUT2D eigenvalue weighted by Crippen LogP contribution is 2.36. The van der Waals surface area contributed by atoms with Crippen molar-refractivity contribution in [2.24, 2.45) is 23.7 Å². The molecule has 0 unspecified atom stereocenters. The fraction of sp³-hybridized carbons (Fsp3) is 0.320. The first kappa shape index (κ1) is 89.4. The van der Waals surface area contributed by atoms with E-state index in [9.17, 15) is 28.7 Å². The molecule has 4 aromatic heterocycles. The van der Waals surface area contributed by atoms with Crippen LogP contribution in [-0.4, -0.2) is 68.6 Å². The lowest BCUT2D eigenvalue weighted by molar-refractivity contribution is -0.116. The number of halogens is 3. The molecule has 640 valence electrons. The Morgan fingerprint density at radius 2 is 0.556 bits per heavy atom. The van der Waals surface area contributed by atoms with Gasteiger partial charge >= 0.3 is 0 Å². The summed E-state index contributed by atoms with van der Waals surface area (Å²) in [7, 11) is 0. The molecule has 13 N–H and O–H groups in total. The predicted octanol–water partition coefficient (Wildman–Crippen LogP) is 21.4. The van der Waals surface area contributed by atoms with Gasteiger partial charge in [0.1, 0.15) is 11.6 Å². The molecule has 4 heterocycles. The standard InChI is InChI=1S/C25H27BrN4O.C25H27ClN4O.C25H27FN4O.C25H28N4O2/c3*26-20-10-6-18(7-11-20)15-24(31)30-25-22(14-17-4-2-1-3-5-17)29-23(16-28-25)19-8-12-21(27)13-9-19;26-20-10-8-19(9-11-20)23-16-27-25(22(28-23)14-17-4-2-1-3-5-17)29-24(31)15-18-6-12-21(30)13-7-18/h3*6-13,16-17H,1-5,14-15,27H2,(H,28,30,31);6-13,16-17,30H,1-5,14-15,26H2,(H,27,29,31). The number of rotatable bonds is 24. The summed E-state index contributed by atoms with van der Waals surface area (Å²) >= 11 is 9.37. The molecule has 24 heteroatoms. The van der Waals surface area contributed by atoms with Crippen molar-refractivity contribution in [2.45, 2.75) is 180 Å². The van der Waals surface area contributed by atoms with Crippen LogP contribution in [0.25, 0.3) is 45.0 Å². The van der Waals surface area contributed by atoms with Crippen LogP contribution in [0.2, 0.25) is 5.02 Å². The number of carbonyl (C=O) groups excluding carboxylic acids is 4. The Balaban J connectivity index is 0.000000142. The van der Waals surface area contributed by atoms with Gasteiger partial charge < -0.3 is 49.3 Å². The second-order valence-electron chi connectivity index (χ2n) is 33.0. The summed E-state index contributed by atoms with van der Waals surface area (Å²) in [6, 6.07) is 58.1. The van der Waals surface area contributed by atoms with Crippen LogP contribution >= 0.6 is 27.5 Å². The van der Waals surface area contributed by atoms with Crippen LogP contribution in [0.1, 0.15) is 173 Å². The minimum Gasteiger partial charge on any atom is -0.508 e. The first-order valence-corrected chi connectivity index (χ1v) is 44.5. The molecule has 0 aliphatic heterocycles. The van der Waals surface area contributed by atoms with Crippen LogP contribution < -0.4 is 44.2 Å². The van der Waals surface area contributed by atoms with Gasteiger partial charge in [0.25, 0.3) is 0 Å². The number of nitrogens with zero attached hydrogens (tertiary/aromatic N) is 8. The number of carbonyl (C=O) groups is 4. The van der Waals surface area contributed by atoms with Crippen molar-refractivity contribution in [1.29, 1.82) is 0 Å². The minimum absolute atomic E-state index is 0.0817. The van der Waals surface area contributed by atoms with Crippen LogP contribution in [0.4, 0.5) is 50.4 Å². The number of amides is 4. The summed E-state index contributed by atoms with van der Waals surface area (Å²) in [5, 5.41) is 22.0. The van der Waals surface area contributed by atoms with E-state index in [0.29, 0.717) is 75.4 Å². The molecule has 4 aliphatic rings. The summed E-state index contributed by atoms with van der Waals surface area (Å²) in [4.78, 5) is 88.5. The first-order valence-electron chi connectivity index (χ1n) is 43.3.